The van der Waals surface area contributed by atoms with Gasteiger partial charge in [0.2, 0.25) is 11.8 Å². The monoisotopic (exact) mass is 322 g/mol. The minimum Gasteiger partial charge on any atom is -0.439 e. The number of aromatic nitrogens is 1. The maximum Gasteiger partial charge on any atom is 0.223 e. The Kier molecular flexibility index (Phi) is 3.31. The summed E-state index contributed by atoms with van der Waals surface area (Å²) in [7, 11) is 0. The van der Waals surface area contributed by atoms with E-state index in [-0.39, 0.29) is 11.8 Å². The molecule has 1 aromatic heterocycles. The molecular formula is C14H15BrN2O2. The van der Waals surface area contributed by atoms with Crippen molar-refractivity contribution in [3.63, 3.8) is 0 Å². The Morgan fingerprint density at radius 2 is 2.37 bits per heavy atom. The molecule has 1 unspecified atom stereocenters. The highest BCUT2D eigenvalue weighted by atomic mass is 79.9. The van der Waals surface area contributed by atoms with Gasteiger partial charge in [-0.1, -0.05) is 22.9 Å². The molecule has 1 N–H and O–H groups in total. The van der Waals surface area contributed by atoms with Gasteiger partial charge < -0.3 is 9.73 Å². The highest BCUT2D eigenvalue weighted by Gasteiger charge is 2.32. The first kappa shape index (κ1) is 12.7. The van der Waals surface area contributed by atoms with E-state index in [0.717, 1.165) is 15.6 Å². The standard InChI is InChI=1S/C14H15BrN2O2/c1-8(9-2-3-9)14(18)16-7-13-17-11-6-10(15)4-5-12(11)19-13/h4-6,8-9H,2-3,7H2,1H3,(H,16,18). The van der Waals surface area contributed by atoms with Crippen molar-refractivity contribution in [1.29, 1.82) is 0 Å². The normalized spacial score (nSPS) is 16.5. The molecule has 0 saturated heterocycles. The molecule has 0 spiro atoms. The van der Waals surface area contributed by atoms with Gasteiger partial charge in [0.15, 0.2) is 5.58 Å². The van der Waals surface area contributed by atoms with Crippen molar-refractivity contribution in [2.45, 2.75) is 26.3 Å². The molecule has 1 atom stereocenters. The maximum absolute atomic E-state index is 11.9. The van der Waals surface area contributed by atoms with E-state index < -0.39 is 0 Å². The third-order valence-corrected chi connectivity index (χ3v) is 4.04. The van der Waals surface area contributed by atoms with E-state index in [9.17, 15) is 4.79 Å². The second-order valence-corrected chi connectivity index (χ2v) is 5.98. The van der Waals surface area contributed by atoms with Crippen LogP contribution >= 0.6 is 15.9 Å². The number of oxazole rings is 1. The average Bonchev–Trinajstić information content (AvgIpc) is 3.16. The topological polar surface area (TPSA) is 55.1 Å². The molecule has 5 heteroatoms. The molecule has 0 aliphatic heterocycles. The van der Waals surface area contributed by atoms with Gasteiger partial charge in [-0.2, -0.15) is 0 Å². The van der Waals surface area contributed by atoms with Crippen LogP contribution in [0.15, 0.2) is 27.1 Å². The van der Waals surface area contributed by atoms with Gasteiger partial charge in [-0.05, 0) is 37.0 Å². The van der Waals surface area contributed by atoms with Crippen LogP contribution in [0.3, 0.4) is 0 Å². The maximum atomic E-state index is 11.9. The summed E-state index contributed by atoms with van der Waals surface area (Å²) in [6.45, 7) is 2.33. The molecular weight excluding hydrogens is 308 g/mol. The number of nitrogens with zero attached hydrogens (tertiary/aromatic N) is 1. The molecule has 1 saturated carbocycles. The molecule has 2 aromatic rings. The van der Waals surface area contributed by atoms with Gasteiger partial charge in [-0.15, -0.1) is 0 Å². The third-order valence-electron chi connectivity index (χ3n) is 3.55. The highest BCUT2D eigenvalue weighted by molar-refractivity contribution is 9.10. The van der Waals surface area contributed by atoms with Crippen LogP contribution in [0, 0.1) is 11.8 Å². The van der Waals surface area contributed by atoms with Crippen molar-refractivity contribution in [3.05, 3.63) is 28.6 Å². The van der Waals surface area contributed by atoms with Crippen LogP contribution in [-0.4, -0.2) is 10.9 Å². The largest absolute Gasteiger partial charge is 0.439 e. The molecule has 0 bridgehead atoms. The van der Waals surface area contributed by atoms with Crippen molar-refractivity contribution in [2.24, 2.45) is 11.8 Å². The van der Waals surface area contributed by atoms with Gasteiger partial charge in [0.25, 0.3) is 0 Å². The summed E-state index contributed by atoms with van der Waals surface area (Å²) in [5.41, 5.74) is 1.54. The lowest BCUT2D eigenvalue weighted by Crippen LogP contribution is -2.29. The van der Waals surface area contributed by atoms with Crippen LogP contribution in [-0.2, 0) is 11.3 Å². The molecule has 0 radical (unpaired) electrons. The Morgan fingerprint density at radius 1 is 1.58 bits per heavy atom. The SMILES string of the molecule is CC(C(=O)NCc1nc2cc(Br)ccc2o1)C1CC1. The van der Waals surface area contributed by atoms with Crippen LogP contribution < -0.4 is 5.32 Å². The van der Waals surface area contributed by atoms with Crippen LogP contribution in [0.25, 0.3) is 11.1 Å². The molecule has 1 aromatic carbocycles. The predicted molar refractivity (Wildman–Crippen MR) is 75.4 cm³/mol. The second-order valence-electron chi connectivity index (χ2n) is 5.06. The number of fused-ring (bicyclic) bond motifs is 1. The van der Waals surface area contributed by atoms with Gasteiger partial charge in [0.1, 0.15) is 5.52 Å². The zero-order chi connectivity index (χ0) is 13.4. The average molecular weight is 323 g/mol. The van der Waals surface area contributed by atoms with Crippen molar-refractivity contribution in [3.8, 4) is 0 Å². The van der Waals surface area contributed by atoms with Gasteiger partial charge in [-0.3, -0.25) is 4.79 Å². The van der Waals surface area contributed by atoms with Crippen molar-refractivity contribution in [2.75, 3.05) is 0 Å². The van der Waals surface area contributed by atoms with E-state index in [0.29, 0.717) is 18.4 Å². The molecule has 1 aliphatic carbocycles. The Balaban J connectivity index is 1.66. The minimum absolute atomic E-state index is 0.0888. The van der Waals surface area contributed by atoms with E-state index in [1.165, 1.54) is 12.8 Å². The van der Waals surface area contributed by atoms with Crippen LogP contribution in [0.2, 0.25) is 0 Å². The summed E-state index contributed by atoms with van der Waals surface area (Å²) in [4.78, 5) is 16.2. The van der Waals surface area contributed by atoms with E-state index in [4.69, 9.17) is 4.42 Å². The number of hydrogen-bond acceptors (Lipinski definition) is 3. The fraction of sp³-hybridized carbons (Fsp3) is 0.429. The fourth-order valence-corrected chi connectivity index (χ4v) is 2.51. The first-order valence-electron chi connectivity index (χ1n) is 6.46. The van der Waals surface area contributed by atoms with Crippen LogP contribution in [0.4, 0.5) is 0 Å². The number of amides is 1. The first-order chi connectivity index (χ1) is 9.13. The fourth-order valence-electron chi connectivity index (χ4n) is 2.16. The Bertz CT molecular complexity index is 619. The smallest absolute Gasteiger partial charge is 0.223 e. The number of halogens is 1. The molecule has 1 amide bonds. The van der Waals surface area contributed by atoms with Gasteiger partial charge in [-0.25, -0.2) is 4.98 Å². The van der Waals surface area contributed by atoms with Gasteiger partial charge in [0, 0.05) is 10.4 Å². The summed E-state index contributed by atoms with van der Waals surface area (Å²) < 4.78 is 6.55. The zero-order valence-corrected chi connectivity index (χ0v) is 12.2. The minimum atomic E-state index is 0.0888. The predicted octanol–water partition coefficient (Wildman–Crippen LogP) is 3.25. The Labute approximate surface area is 119 Å². The second kappa shape index (κ2) is 4.96. The number of nitrogens with one attached hydrogen (secondary N) is 1. The summed E-state index contributed by atoms with van der Waals surface area (Å²) >= 11 is 3.39. The molecule has 1 fully saturated rings. The van der Waals surface area contributed by atoms with E-state index in [1.54, 1.807) is 0 Å². The van der Waals surface area contributed by atoms with E-state index in [2.05, 4.69) is 26.2 Å². The molecule has 4 nitrogen and oxygen atoms in total. The molecule has 3 rings (SSSR count). The lowest BCUT2D eigenvalue weighted by molar-refractivity contribution is -0.125. The van der Waals surface area contributed by atoms with Crippen molar-refractivity contribution in [1.82, 2.24) is 10.3 Å². The van der Waals surface area contributed by atoms with Gasteiger partial charge >= 0.3 is 0 Å². The number of carbonyl (C=O) groups excluding carboxylic acids is 1. The highest BCUT2D eigenvalue weighted by Crippen LogP contribution is 2.36. The Hall–Kier alpha value is -1.36. The quantitative estimate of drug-likeness (QED) is 0.940. The molecule has 19 heavy (non-hydrogen) atoms. The number of hydrogen-bond donors (Lipinski definition) is 1. The Morgan fingerprint density at radius 3 is 3.11 bits per heavy atom. The lowest BCUT2D eigenvalue weighted by Gasteiger charge is -2.09. The van der Waals surface area contributed by atoms with Crippen molar-refractivity contribution >= 4 is 32.9 Å². The number of rotatable bonds is 4. The lowest BCUT2D eigenvalue weighted by atomic mass is 10.1. The van der Waals surface area contributed by atoms with E-state index in [1.807, 2.05) is 25.1 Å². The van der Waals surface area contributed by atoms with Gasteiger partial charge in [0.05, 0.1) is 6.54 Å². The summed E-state index contributed by atoms with van der Waals surface area (Å²) in [5, 5.41) is 2.89. The summed E-state index contributed by atoms with van der Waals surface area (Å²) in [6.07, 6.45) is 2.34. The number of benzene rings is 1. The molecule has 1 heterocycles. The number of carbonyl (C=O) groups is 1. The molecule has 1 aliphatic rings. The van der Waals surface area contributed by atoms with Crippen LogP contribution in [0.5, 0.6) is 0 Å². The van der Waals surface area contributed by atoms with Crippen LogP contribution in [0.1, 0.15) is 25.7 Å². The first-order valence-corrected chi connectivity index (χ1v) is 7.25. The zero-order valence-electron chi connectivity index (χ0n) is 10.6. The molecule has 100 valence electrons. The third kappa shape index (κ3) is 2.81. The summed E-state index contributed by atoms with van der Waals surface area (Å²) in [5.74, 6) is 1.30. The summed E-state index contributed by atoms with van der Waals surface area (Å²) in [6, 6.07) is 5.67. The van der Waals surface area contributed by atoms with E-state index >= 15 is 0 Å². The van der Waals surface area contributed by atoms with Crippen molar-refractivity contribution < 1.29 is 9.21 Å².